The molecule has 10 heteroatoms. The maximum atomic E-state index is 12.4. The normalized spacial score (nSPS) is 17.4. The highest BCUT2D eigenvalue weighted by molar-refractivity contribution is 8.26. The van der Waals surface area contributed by atoms with E-state index in [1.807, 2.05) is 0 Å². The Labute approximate surface area is 145 Å². The number of carboxylic acid groups (broad SMARTS) is 1. The molecule has 1 aliphatic rings. The summed E-state index contributed by atoms with van der Waals surface area (Å²) in [7, 11) is 0. The predicted molar refractivity (Wildman–Crippen MR) is 91.5 cm³/mol. The number of carboxylic acids is 1. The van der Waals surface area contributed by atoms with E-state index >= 15 is 0 Å². The van der Waals surface area contributed by atoms with Crippen LogP contribution in [0, 0.1) is 10.1 Å². The third kappa shape index (κ3) is 3.39. The smallest absolute Gasteiger partial charge is 0.326 e. The minimum Gasteiger partial charge on any atom is -0.507 e. The van der Waals surface area contributed by atoms with Gasteiger partial charge in [0.2, 0.25) is 0 Å². The lowest BCUT2D eigenvalue weighted by atomic mass is 10.1. The molecule has 0 aliphatic carbocycles. The van der Waals surface area contributed by atoms with Gasteiger partial charge in [-0.05, 0) is 18.6 Å². The van der Waals surface area contributed by atoms with Crippen LogP contribution in [-0.4, -0.2) is 42.3 Å². The molecule has 0 spiro atoms. The van der Waals surface area contributed by atoms with Gasteiger partial charge >= 0.3 is 5.97 Å². The summed E-state index contributed by atoms with van der Waals surface area (Å²) in [5.41, 5.74) is -0.167. The Hall–Kier alpha value is -2.46. The van der Waals surface area contributed by atoms with Gasteiger partial charge in [-0.15, -0.1) is 0 Å². The van der Waals surface area contributed by atoms with Gasteiger partial charge in [0.15, 0.2) is 0 Å². The van der Waals surface area contributed by atoms with Gasteiger partial charge in [0.05, 0.1) is 9.83 Å². The fourth-order valence-corrected chi connectivity index (χ4v) is 3.48. The van der Waals surface area contributed by atoms with Crippen LogP contribution in [0.1, 0.15) is 18.9 Å². The first kappa shape index (κ1) is 17.9. The number of aromatic hydroxyl groups is 1. The van der Waals surface area contributed by atoms with E-state index in [4.69, 9.17) is 12.2 Å². The molecule has 1 atom stereocenters. The number of rotatable bonds is 5. The van der Waals surface area contributed by atoms with Crippen molar-refractivity contribution in [3.8, 4) is 5.75 Å². The number of carbonyl (C=O) groups excluding carboxylic acids is 1. The van der Waals surface area contributed by atoms with Crippen molar-refractivity contribution >= 4 is 51.9 Å². The molecule has 0 saturated carbocycles. The topological polar surface area (TPSA) is 121 Å². The van der Waals surface area contributed by atoms with E-state index in [1.54, 1.807) is 6.92 Å². The van der Waals surface area contributed by atoms with Crippen LogP contribution in [0.3, 0.4) is 0 Å². The number of non-ortho nitro benzene ring substituents is 1. The lowest BCUT2D eigenvalue weighted by molar-refractivity contribution is -0.384. The first-order valence-electron chi connectivity index (χ1n) is 6.73. The van der Waals surface area contributed by atoms with Crippen molar-refractivity contribution in [3.05, 3.63) is 38.8 Å². The highest BCUT2D eigenvalue weighted by Crippen LogP contribution is 2.36. The van der Waals surface area contributed by atoms with Gasteiger partial charge in [0, 0.05) is 17.7 Å². The molecule has 1 amide bonds. The first-order valence-corrected chi connectivity index (χ1v) is 7.96. The Morgan fingerprint density at radius 1 is 1.54 bits per heavy atom. The molecule has 1 saturated heterocycles. The lowest BCUT2D eigenvalue weighted by Crippen LogP contribution is -2.43. The zero-order valence-electron chi connectivity index (χ0n) is 12.3. The van der Waals surface area contributed by atoms with Gasteiger partial charge in [-0.3, -0.25) is 19.8 Å². The fourth-order valence-electron chi connectivity index (χ4n) is 2.13. The molecule has 1 unspecified atom stereocenters. The average molecular weight is 368 g/mol. The van der Waals surface area contributed by atoms with E-state index in [0.717, 1.165) is 34.9 Å². The number of hydrogen-bond acceptors (Lipinski definition) is 7. The van der Waals surface area contributed by atoms with Gasteiger partial charge in [-0.1, -0.05) is 30.9 Å². The van der Waals surface area contributed by atoms with Gasteiger partial charge in [-0.2, -0.15) is 0 Å². The van der Waals surface area contributed by atoms with E-state index in [0.29, 0.717) is 0 Å². The summed E-state index contributed by atoms with van der Waals surface area (Å²) < 4.78 is 0.0884. The van der Waals surface area contributed by atoms with Crippen LogP contribution in [0.5, 0.6) is 5.75 Å². The maximum Gasteiger partial charge on any atom is 0.326 e. The largest absolute Gasteiger partial charge is 0.507 e. The molecule has 2 N–H and O–H groups in total. The van der Waals surface area contributed by atoms with E-state index in [1.165, 1.54) is 6.08 Å². The molecule has 1 aromatic carbocycles. The number of aliphatic carboxylic acids is 1. The molecular formula is C14H12N2O6S2. The molecule has 1 fully saturated rings. The fraction of sp³-hybridized carbons (Fsp3) is 0.214. The number of amides is 1. The summed E-state index contributed by atoms with van der Waals surface area (Å²) in [4.78, 5) is 35.0. The second kappa shape index (κ2) is 6.97. The number of nitro benzene ring substituents is 1. The molecule has 1 heterocycles. The van der Waals surface area contributed by atoms with E-state index in [2.05, 4.69) is 0 Å². The van der Waals surface area contributed by atoms with Crippen LogP contribution in [0.4, 0.5) is 5.69 Å². The van der Waals surface area contributed by atoms with Gasteiger partial charge in [0.25, 0.3) is 11.6 Å². The third-order valence-electron chi connectivity index (χ3n) is 3.32. The molecule has 126 valence electrons. The highest BCUT2D eigenvalue weighted by Gasteiger charge is 2.39. The second-order valence-electron chi connectivity index (χ2n) is 4.81. The SMILES string of the molecule is CCC(C(=O)O)N1C(=O)/C(=C/c2cc([N+](=O)[O-])ccc2O)SC1=S. The van der Waals surface area contributed by atoms with Crippen LogP contribution in [0.15, 0.2) is 23.1 Å². The molecular weight excluding hydrogens is 356 g/mol. The number of nitro groups is 1. The van der Waals surface area contributed by atoms with Crippen LogP contribution >= 0.6 is 24.0 Å². The van der Waals surface area contributed by atoms with Gasteiger partial charge in [-0.25, -0.2) is 4.79 Å². The Balaban J connectivity index is 2.41. The maximum absolute atomic E-state index is 12.4. The minimum absolute atomic E-state index is 0.0769. The number of benzene rings is 1. The van der Waals surface area contributed by atoms with Crippen molar-refractivity contribution in [1.82, 2.24) is 4.90 Å². The average Bonchev–Trinajstić information content (AvgIpc) is 2.77. The van der Waals surface area contributed by atoms with Crippen molar-refractivity contribution in [3.63, 3.8) is 0 Å². The van der Waals surface area contributed by atoms with Gasteiger partial charge < -0.3 is 10.2 Å². The highest BCUT2D eigenvalue weighted by atomic mass is 32.2. The van der Waals surface area contributed by atoms with Crippen LogP contribution in [0.2, 0.25) is 0 Å². The Morgan fingerprint density at radius 2 is 2.21 bits per heavy atom. The van der Waals surface area contributed by atoms with Crippen molar-refractivity contribution in [2.24, 2.45) is 0 Å². The number of nitrogens with zero attached hydrogens (tertiary/aromatic N) is 2. The summed E-state index contributed by atoms with van der Waals surface area (Å²) in [6.07, 6.45) is 1.44. The first-order chi connectivity index (χ1) is 11.3. The van der Waals surface area contributed by atoms with Gasteiger partial charge in [0.1, 0.15) is 16.1 Å². The number of phenolic OH excluding ortho intramolecular Hbond substituents is 1. The summed E-state index contributed by atoms with van der Waals surface area (Å²) in [5.74, 6) is -2.02. The van der Waals surface area contributed by atoms with Crippen molar-refractivity contribution in [2.45, 2.75) is 19.4 Å². The van der Waals surface area contributed by atoms with Crippen LogP contribution < -0.4 is 0 Å². The zero-order chi connectivity index (χ0) is 18.0. The number of phenols is 1. The summed E-state index contributed by atoms with van der Waals surface area (Å²) in [5, 5.41) is 29.8. The standard InChI is InChI=1S/C14H12N2O6S2/c1-2-9(13(19)20)15-12(18)11(24-14(15)23)6-7-5-8(16(21)22)3-4-10(7)17/h3-6,9,17H,2H2,1H3,(H,19,20)/b11-6-. The summed E-state index contributed by atoms with van der Waals surface area (Å²) >= 11 is 5.95. The Kier molecular flexibility index (Phi) is 5.20. The minimum atomic E-state index is -1.17. The van der Waals surface area contributed by atoms with Crippen molar-refractivity contribution < 1.29 is 24.7 Å². The molecule has 2 rings (SSSR count). The molecule has 1 aromatic rings. The molecule has 0 radical (unpaired) electrons. The van der Waals surface area contributed by atoms with Crippen molar-refractivity contribution in [2.75, 3.05) is 0 Å². The van der Waals surface area contributed by atoms with Crippen molar-refractivity contribution in [1.29, 1.82) is 0 Å². The Morgan fingerprint density at radius 3 is 2.75 bits per heavy atom. The third-order valence-corrected chi connectivity index (χ3v) is 4.65. The summed E-state index contributed by atoms with van der Waals surface area (Å²) in [6.45, 7) is 1.62. The molecule has 8 nitrogen and oxygen atoms in total. The molecule has 0 bridgehead atoms. The number of thiocarbonyl (C=S) groups is 1. The quantitative estimate of drug-likeness (QED) is 0.352. The van der Waals surface area contributed by atoms with E-state index < -0.39 is 22.8 Å². The predicted octanol–water partition coefficient (Wildman–Crippen LogP) is 2.36. The van der Waals surface area contributed by atoms with E-state index in [9.17, 15) is 29.9 Å². The van der Waals surface area contributed by atoms with Crippen LogP contribution in [0.25, 0.3) is 6.08 Å². The number of thioether (sulfide) groups is 1. The van der Waals surface area contributed by atoms with Crippen LogP contribution in [-0.2, 0) is 9.59 Å². The van der Waals surface area contributed by atoms with E-state index in [-0.39, 0.29) is 32.6 Å². The molecule has 1 aliphatic heterocycles. The zero-order valence-corrected chi connectivity index (χ0v) is 14.0. The number of hydrogen-bond donors (Lipinski definition) is 2. The number of carbonyl (C=O) groups is 2. The molecule has 0 aromatic heterocycles. The summed E-state index contributed by atoms with van der Waals surface area (Å²) in [6, 6.07) is 2.32. The monoisotopic (exact) mass is 368 g/mol. The Bertz CT molecular complexity index is 777. The second-order valence-corrected chi connectivity index (χ2v) is 6.49. The molecule has 24 heavy (non-hydrogen) atoms. The lowest BCUT2D eigenvalue weighted by Gasteiger charge is -2.21.